The van der Waals surface area contributed by atoms with E-state index in [9.17, 15) is 0 Å². The second-order valence-corrected chi connectivity index (χ2v) is 4.94. The standard InChI is InChI=1S/C15H25NO2/c1-12-9-14(3)15(10-13(12)2)11-16(6-8-18)5-4-7-17/h9-10,17-18H,4-8,11H2,1-3H3. The molecule has 0 aromatic heterocycles. The van der Waals surface area contributed by atoms with Gasteiger partial charge in [-0.05, 0) is 49.4 Å². The molecule has 0 atom stereocenters. The van der Waals surface area contributed by atoms with Gasteiger partial charge in [0.15, 0.2) is 0 Å². The zero-order valence-corrected chi connectivity index (χ0v) is 11.7. The van der Waals surface area contributed by atoms with Crippen LogP contribution in [0, 0.1) is 20.8 Å². The van der Waals surface area contributed by atoms with Crippen LogP contribution in [0.5, 0.6) is 0 Å². The Bertz CT molecular complexity index is 377. The smallest absolute Gasteiger partial charge is 0.0558 e. The van der Waals surface area contributed by atoms with Crippen LogP contribution in [0.25, 0.3) is 0 Å². The maximum absolute atomic E-state index is 9.08. The number of nitrogens with zero attached hydrogens (tertiary/aromatic N) is 1. The van der Waals surface area contributed by atoms with E-state index in [1.54, 1.807) is 0 Å². The second-order valence-electron chi connectivity index (χ2n) is 4.94. The van der Waals surface area contributed by atoms with Crippen molar-refractivity contribution in [3.63, 3.8) is 0 Å². The number of aliphatic hydroxyl groups is 2. The lowest BCUT2D eigenvalue weighted by Crippen LogP contribution is -2.28. The minimum atomic E-state index is 0.162. The lowest BCUT2D eigenvalue weighted by molar-refractivity contribution is 0.174. The Morgan fingerprint density at radius 3 is 2.17 bits per heavy atom. The molecular formula is C15H25NO2. The normalized spacial score (nSPS) is 11.2. The molecule has 0 saturated heterocycles. The molecular weight excluding hydrogens is 226 g/mol. The summed E-state index contributed by atoms with van der Waals surface area (Å²) in [4.78, 5) is 2.19. The van der Waals surface area contributed by atoms with Crippen LogP contribution in [0.1, 0.15) is 28.7 Å². The summed E-state index contributed by atoms with van der Waals surface area (Å²) < 4.78 is 0. The highest BCUT2D eigenvalue weighted by Crippen LogP contribution is 2.17. The second kappa shape index (κ2) is 7.52. The molecule has 0 heterocycles. The van der Waals surface area contributed by atoms with Gasteiger partial charge in [-0.25, -0.2) is 0 Å². The molecule has 102 valence electrons. The van der Waals surface area contributed by atoms with Crippen LogP contribution in [0.15, 0.2) is 12.1 Å². The maximum Gasteiger partial charge on any atom is 0.0558 e. The molecule has 3 nitrogen and oxygen atoms in total. The van der Waals surface area contributed by atoms with Gasteiger partial charge in [-0.15, -0.1) is 0 Å². The predicted octanol–water partition coefficient (Wildman–Crippen LogP) is 1.79. The lowest BCUT2D eigenvalue weighted by atomic mass is 10.0. The number of hydrogen-bond acceptors (Lipinski definition) is 3. The van der Waals surface area contributed by atoms with E-state index in [4.69, 9.17) is 10.2 Å². The minimum Gasteiger partial charge on any atom is -0.396 e. The fourth-order valence-electron chi connectivity index (χ4n) is 2.14. The van der Waals surface area contributed by atoms with E-state index < -0.39 is 0 Å². The van der Waals surface area contributed by atoms with Crippen LogP contribution in [-0.2, 0) is 6.54 Å². The van der Waals surface area contributed by atoms with Gasteiger partial charge in [-0.3, -0.25) is 4.90 Å². The molecule has 1 aromatic carbocycles. The SMILES string of the molecule is Cc1cc(C)c(CN(CCO)CCCO)cc1C. The average molecular weight is 251 g/mol. The van der Waals surface area contributed by atoms with Gasteiger partial charge < -0.3 is 10.2 Å². The van der Waals surface area contributed by atoms with Crippen molar-refractivity contribution in [2.45, 2.75) is 33.7 Å². The Hall–Kier alpha value is -0.900. The molecule has 0 aliphatic rings. The fourth-order valence-corrected chi connectivity index (χ4v) is 2.14. The fraction of sp³-hybridized carbons (Fsp3) is 0.600. The molecule has 0 bridgehead atoms. The first-order valence-electron chi connectivity index (χ1n) is 6.59. The third-order valence-corrected chi connectivity index (χ3v) is 3.39. The highest BCUT2D eigenvalue weighted by atomic mass is 16.3. The molecule has 0 aliphatic heterocycles. The first-order chi connectivity index (χ1) is 8.58. The summed E-state index contributed by atoms with van der Waals surface area (Å²) in [6, 6.07) is 4.45. The summed E-state index contributed by atoms with van der Waals surface area (Å²) in [5.41, 5.74) is 5.23. The Balaban J connectivity index is 2.76. The summed E-state index contributed by atoms with van der Waals surface area (Å²) in [5.74, 6) is 0. The van der Waals surface area contributed by atoms with Gasteiger partial charge in [0.25, 0.3) is 0 Å². The van der Waals surface area contributed by atoms with Crippen LogP contribution >= 0.6 is 0 Å². The Morgan fingerprint density at radius 1 is 0.889 bits per heavy atom. The van der Waals surface area contributed by atoms with Crippen LogP contribution < -0.4 is 0 Å². The average Bonchev–Trinajstić information content (AvgIpc) is 2.33. The molecule has 0 radical (unpaired) electrons. The van der Waals surface area contributed by atoms with Crippen LogP contribution in [0.2, 0.25) is 0 Å². The van der Waals surface area contributed by atoms with E-state index in [2.05, 4.69) is 37.8 Å². The molecule has 0 fully saturated rings. The van der Waals surface area contributed by atoms with E-state index in [0.717, 1.165) is 19.5 Å². The Morgan fingerprint density at radius 2 is 1.56 bits per heavy atom. The minimum absolute atomic E-state index is 0.162. The van der Waals surface area contributed by atoms with Crippen molar-refractivity contribution in [1.29, 1.82) is 0 Å². The van der Waals surface area contributed by atoms with Gasteiger partial charge in [0.05, 0.1) is 6.61 Å². The molecule has 2 N–H and O–H groups in total. The molecule has 0 spiro atoms. The summed E-state index contributed by atoms with van der Waals surface area (Å²) in [6.45, 7) is 9.07. The van der Waals surface area contributed by atoms with Crippen molar-refractivity contribution in [3.05, 3.63) is 34.4 Å². The van der Waals surface area contributed by atoms with Crippen molar-refractivity contribution in [2.75, 3.05) is 26.3 Å². The number of aryl methyl sites for hydroxylation is 3. The van der Waals surface area contributed by atoms with Crippen molar-refractivity contribution in [3.8, 4) is 0 Å². The highest BCUT2D eigenvalue weighted by molar-refractivity contribution is 5.36. The first kappa shape index (κ1) is 15.2. The predicted molar refractivity (Wildman–Crippen MR) is 74.7 cm³/mol. The maximum atomic E-state index is 9.08. The van der Waals surface area contributed by atoms with E-state index in [1.165, 1.54) is 22.3 Å². The van der Waals surface area contributed by atoms with Crippen LogP contribution in [-0.4, -0.2) is 41.4 Å². The van der Waals surface area contributed by atoms with Gasteiger partial charge in [-0.1, -0.05) is 12.1 Å². The Kier molecular flexibility index (Phi) is 6.33. The van der Waals surface area contributed by atoms with Crippen molar-refractivity contribution >= 4 is 0 Å². The molecule has 0 unspecified atom stereocenters. The molecule has 18 heavy (non-hydrogen) atoms. The van der Waals surface area contributed by atoms with Crippen molar-refractivity contribution < 1.29 is 10.2 Å². The molecule has 3 heteroatoms. The van der Waals surface area contributed by atoms with Crippen LogP contribution in [0.4, 0.5) is 0 Å². The zero-order valence-electron chi connectivity index (χ0n) is 11.7. The molecule has 0 aliphatic carbocycles. The number of hydrogen-bond donors (Lipinski definition) is 2. The number of benzene rings is 1. The van der Waals surface area contributed by atoms with Crippen LogP contribution in [0.3, 0.4) is 0 Å². The summed E-state index contributed by atoms with van der Waals surface area (Å²) in [5, 5.41) is 18.0. The molecule has 0 saturated carbocycles. The summed E-state index contributed by atoms with van der Waals surface area (Å²) >= 11 is 0. The van der Waals surface area contributed by atoms with E-state index in [1.807, 2.05) is 0 Å². The highest BCUT2D eigenvalue weighted by Gasteiger charge is 2.08. The van der Waals surface area contributed by atoms with E-state index in [0.29, 0.717) is 6.54 Å². The molecule has 0 amide bonds. The molecule has 1 rings (SSSR count). The number of aliphatic hydroxyl groups excluding tert-OH is 2. The van der Waals surface area contributed by atoms with Gasteiger partial charge in [0.2, 0.25) is 0 Å². The van der Waals surface area contributed by atoms with Gasteiger partial charge >= 0.3 is 0 Å². The third-order valence-electron chi connectivity index (χ3n) is 3.39. The van der Waals surface area contributed by atoms with Gasteiger partial charge in [0.1, 0.15) is 0 Å². The largest absolute Gasteiger partial charge is 0.396 e. The topological polar surface area (TPSA) is 43.7 Å². The van der Waals surface area contributed by atoms with E-state index >= 15 is 0 Å². The molecule has 1 aromatic rings. The van der Waals surface area contributed by atoms with Gasteiger partial charge in [0, 0.05) is 26.2 Å². The first-order valence-corrected chi connectivity index (χ1v) is 6.59. The van der Waals surface area contributed by atoms with Gasteiger partial charge in [-0.2, -0.15) is 0 Å². The monoisotopic (exact) mass is 251 g/mol. The number of rotatable bonds is 7. The lowest BCUT2D eigenvalue weighted by Gasteiger charge is -2.22. The summed E-state index contributed by atoms with van der Waals surface area (Å²) in [7, 11) is 0. The Labute approximate surface area is 110 Å². The third kappa shape index (κ3) is 4.41. The van der Waals surface area contributed by atoms with E-state index in [-0.39, 0.29) is 13.2 Å². The van der Waals surface area contributed by atoms with Crippen molar-refractivity contribution in [1.82, 2.24) is 4.90 Å². The quantitative estimate of drug-likeness (QED) is 0.776. The van der Waals surface area contributed by atoms with Crippen molar-refractivity contribution in [2.24, 2.45) is 0 Å². The zero-order chi connectivity index (χ0) is 13.5. The summed E-state index contributed by atoms with van der Waals surface area (Å²) in [6.07, 6.45) is 0.754.